The van der Waals surface area contributed by atoms with Crippen molar-refractivity contribution in [1.29, 1.82) is 0 Å². The summed E-state index contributed by atoms with van der Waals surface area (Å²) < 4.78 is 11.1. The topological polar surface area (TPSA) is 63.4 Å². The van der Waals surface area contributed by atoms with Gasteiger partial charge >= 0.3 is 0 Å². The Morgan fingerprint density at radius 3 is 2.52 bits per heavy atom. The van der Waals surface area contributed by atoms with E-state index < -0.39 is 0 Å². The molecule has 1 saturated heterocycles. The molecule has 3 rings (SSSR count). The Balaban J connectivity index is 1.56. The van der Waals surface area contributed by atoms with E-state index in [1.165, 1.54) is 5.69 Å². The van der Waals surface area contributed by atoms with E-state index >= 15 is 0 Å². The Morgan fingerprint density at radius 1 is 1.14 bits per heavy atom. The zero-order chi connectivity index (χ0) is 14.5. The molecule has 0 radical (unpaired) electrons. The highest BCUT2D eigenvalue weighted by molar-refractivity contribution is 5.49. The van der Waals surface area contributed by atoms with Crippen molar-refractivity contribution >= 4 is 5.69 Å². The van der Waals surface area contributed by atoms with Crippen LogP contribution in [0, 0.1) is 0 Å². The van der Waals surface area contributed by atoms with E-state index in [9.17, 15) is 0 Å². The van der Waals surface area contributed by atoms with Crippen LogP contribution >= 0.6 is 0 Å². The third-order valence-corrected chi connectivity index (χ3v) is 3.49. The summed E-state index contributed by atoms with van der Waals surface area (Å²) >= 11 is 0. The van der Waals surface area contributed by atoms with Crippen LogP contribution in [0.4, 0.5) is 5.69 Å². The Bertz CT molecular complexity index is 561. The SMILES string of the molecule is CCc1nnc(COc2ccc(N3CCNCC3)cc2)o1. The number of piperazine rings is 1. The summed E-state index contributed by atoms with van der Waals surface area (Å²) in [5, 5.41) is 11.2. The van der Waals surface area contributed by atoms with Crippen molar-refractivity contribution in [3.05, 3.63) is 36.0 Å². The first kappa shape index (κ1) is 13.9. The predicted molar refractivity (Wildman–Crippen MR) is 79.5 cm³/mol. The molecule has 6 nitrogen and oxygen atoms in total. The van der Waals surface area contributed by atoms with Gasteiger partial charge in [0.25, 0.3) is 5.89 Å². The van der Waals surface area contributed by atoms with Crippen molar-refractivity contribution in [2.24, 2.45) is 0 Å². The lowest BCUT2D eigenvalue weighted by molar-refractivity contribution is 0.259. The molecule has 1 aliphatic heterocycles. The molecule has 1 fully saturated rings. The molecule has 2 aromatic rings. The summed E-state index contributed by atoms with van der Waals surface area (Å²) in [4.78, 5) is 2.37. The van der Waals surface area contributed by atoms with Crippen LogP contribution in [0.25, 0.3) is 0 Å². The number of aromatic nitrogens is 2. The van der Waals surface area contributed by atoms with E-state index in [4.69, 9.17) is 9.15 Å². The van der Waals surface area contributed by atoms with Crippen molar-refractivity contribution < 1.29 is 9.15 Å². The Labute approximate surface area is 124 Å². The maximum atomic E-state index is 5.67. The third-order valence-electron chi connectivity index (χ3n) is 3.49. The molecule has 0 unspecified atom stereocenters. The zero-order valence-corrected chi connectivity index (χ0v) is 12.2. The molecule has 6 heteroatoms. The van der Waals surface area contributed by atoms with Gasteiger partial charge in [-0.15, -0.1) is 10.2 Å². The van der Waals surface area contributed by atoms with Gasteiger partial charge in [0, 0.05) is 38.3 Å². The standard InChI is InChI=1S/C15H20N4O2/c1-2-14-17-18-15(21-14)11-20-13-5-3-12(4-6-13)19-9-7-16-8-10-19/h3-6,16H,2,7-11H2,1H3. The number of rotatable bonds is 5. The minimum Gasteiger partial charge on any atom is -0.484 e. The number of hydrogen-bond donors (Lipinski definition) is 1. The van der Waals surface area contributed by atoms with Gasteiger partial charge < -0.3 is 19.4 Å². The number of aryl methyl sites for hydroxylation is 1. The first-order chi connectivity index (χ1) is 10.3. The van der Waals surface area contributed by atoms with Crippen LogP contribution in [0.3, 0.4) is 0 Å². The second-order valence-electron chi connectivity index (χ2n) is 4.96. The Morgan fingerprint density at radius 2 is 1.86 bits per heavy atom. The number of nitrogens with one attached hydrogen (secondary N) is 1. The van der Waals surface area contributed by atoms with Gasteiger partial charge in [0.05, 0.1) is 0 Å². The normalized spacial score (nSPS) is 15.2. The highest BCUT2D eigenvalue weighted by Gasteiger charge is 2.10. The zero-order valence-electron chi connectivity index (χ0n) is 12.2. The Kier molecular flexibility index (Phi) is 4.35. The lowest BCUT2D eigenvalue weighted by atomic mass is 10.2. The number of nitrogens with zero attached hydrogens (tertiary/aromatic N) is 3. The largest absolute Gasteiger partial charge is 0.484 e. The molecule has 0 atom stereocenters. The second-order valence-corrected chi connectivity index (χ2v) is 4.96. The molecule has 0 bridgehead atoms. The minimum atomic E-state index is 0.306. The summed E-state index contributed by atoms with van der Waals surface area (Å²) in [6.45, 7) is 6.45. The van der Waals surface area contributed by atoms with E-state index in [-0.39, 0.29) is 0 Å². The summed E-state index contributed by atoms with van der Waals surface area (Å²) in [5.41, 5.74) is 1.23. The van der Waals surface area contributed by atoms with Crippen LogP contribution in [-0.4, -0.2) is 36.4 Å². The molecule has 1 aromatic heterocycles. The summed E-state index contributed by atoms with van der Waals surface area (Å²) in [6, 6.07) is 8.14. The van der Waals surface area contributed by atoms with Crippen LogP contribution in [0.5, 0.6) is 5.75 Å². The molecular formula is C15H20N4O2. The monoisotopic (exact) mass is 288 g/mol. The summed E-state index contributed by atoms with van der Waals surface area (Å²) in [6.07, 6.45) is 0.742. The van der Waals surface area contributed by atoms with Crippen molar-refractivity contribution in [2.75, 3.05) is 31.1 Å². The molecule has 1 aliphatic rings. The van der Waals surface area contributed by atoms with Gasteiger partial charge in [0.15, 0.2) is 6.61 Å². The van der Waals surface area contributed by atoms with E-state index in [1.807, 2.05) is 19.1 Å². The molecular weight excluding hydrogens is 268 g/mol. The van der Waals surface area contributed by atoms with Crippen LogP contribution < -0.4 is 15.0 Å². The maximum absolute atomic E-state index is 5.67. The first-order valence-electron chi connectivity index (χ1n) is 7.35. The van der Waals surface area contributed by atoms with Crippen molar-refractivity contribution in [3.63, 3.8) is 0 Å². The van der Waals surface area contributed by atoms with E-state index in [1.54, 1.807) is 0 Å². The molecule has 0 amide bonds. The molecule has 0 aliphatic carbocycles. The van der Waals surface area contributed by atoms with Crippen LogP contribution in [0.2, 0.25) is 0 Å². The summed E-state index contributed by atoms with van der Waals surface area (Å²) in [7, 11) is 0. The Hall–Kier alpha value is -2.08. The van der Waals surface area contributed by atoms with E-state index in [0.29, 0.717) is 18.4 Å². The second kappa shape index (κ2) is 6.58. The fourth-order valence-corrected chi connectivity index (χ4v) is 2.31. The third kappa shape index (κ3) is 3.52. The number of anilines is 1. The molecule has 2 heterocycles. The van der Waals surface area contributed by atoms with Crippen LogP contribution in [0.1, 0.15) is 18.7 Å². The van der Waals surface area contributed by atoms with Gasteiger partial charge in [-0.25, -0.2) is 0 Å². The molecule has 112 valence electrons. The number of benzene rings is 1. The first-order valence-corrected chi connectivity index (χ1v) is 7.35. The van der Waals surface area contributed by atoms with Gasteiger partial charge in [-0.05, 0) is 24.3 Å². The average molecular weight is 288 g/mol. The van der Waals surface area contributed by atoms with Crippen molar-refractivity contribution in [2.45, 2.75) is 20.0 Å². The smallest absolute Gasteiger partial charge is 0.253 e. The van der Waals surface area contributed by atoms with E-state index in [2.05, 4.69) is 32.5 Å². The quantitative estimate of drug-likeness (QED) is 0.902. The van der Waals surface area contributed by atoms with Gasteiger partial charge in [-0.1, -0.05) is 6.92 Å². The van der Waals surface area contributed by atoms with Gasteiger partial charge in [-0.2, -0.15) is 0 Å². The van der Waals surface area contributed by atoms with Crippen molar-refractivity contribution in [3.8, 4) is 5.75 Å². The highest BCUT2D eigenvalue weighted by atomic mass is 16.5. The molecule has 1 N–H and O–H groups in total. The van der Waals surface area contributed by atoms with Crippen LogP contribution in [-0.2, 0) is 13.0 Å². The van der Waals surface area contributed by atoms with Gasteiger partial charge in [-0.3, -0.25) is 0 Å². The lowest BCUT2D eigenvalue weighted by Crippen LogP contribution is -2.43. The molecule has 21 heavy (non-hydrogen) atoms. The van der Waals surface area contributed by atoms with E-state index in [0.717, 1.165) is 38.3 Å². The number of ether oxygens (including phenoxy) is 1. The maximum Gasteiger partial charge on any atom is 0.253 e. The molecule has 1 aromatic carbocycles. The van der Waals surface area contributed by atoms with Gasteiger partial charge in [0.2, 0.25) is 5.89 Å². The average Bonchev–Trinajstić information content (AvgIpc) is 3.02. The van der Waals surface area contributed by atoms with Crippen molar-refractivity contribution in [1.82, 2.24) is 15.5 Å². The highest BCUT2D eigenvalue weighted by Crippen LogP contribution is 2.20. The van der Waals surface area contributed by atoms with Gasteiger partial charge in [0.1, 0.15) is 5.75 Å². The van der Waals surface area contributed by atoms with Crippen LogP contribution in [0.15, 0.2) is 28.7 Å². The number of hydrogen-bond acceptors (Lipinski definition) is 6. The predicted octanol–water partition coefficient (Wildman–Crippen LogP) is 1.62. The molecule has 0 saturated carbocycles. The molecule has 0 spiro atoms. The fourth-order valence-electron chi connectivity index (χ4n) is 2.31. The minimum absolute atomic E-state index is 0.306. The lowest BCUT2D eigenvalue weighted by Gasteiger charge is -2.29. The fraction of sp³-hybridized carbons (Fsp3) is 0.467. The summed E-state index contributed by atoms with van der Waals surface area (Å²) in [5.74, 6) is 1.96.